The first-order chi connectivity index (χ1) is 13.8. The number of thioether (sulfide) groups is 1. The van der Waals surface area contributed by atoms with Crippen LogP contribution in [0.1, 0.15) is 34.8 Å². The van der Waals surface area contributed by atoms with E-state index in [4.69, 9.17) is 0 Å². The molecule has 2 N–H and O–H groups in total. The number of nitrogens with one attached hydrogen (secondary N) is 2. The van der Waals surface area contributed by atoms with Crippen molar-refractivity contribution in [3.63, 3.8) is 0 Å². The fourth-order valence-electron chi connectivity index (χ4n) is 2.80. The van der Waals surface area contributed by atoms with E-state index >= 15 is 0 Å². The zero-order chi connectivity index (χ0) is 21.1. The number of halogens is 1. The van der Waals surface area contributed by atoms with Crippen molar-refractivity contribution in [2.75, 3.05) is 0 Å². The van der Waals surface area contributed by atoms with Crippen molar-refractivity contribution in [1.29, 1.82) is 5.26 Å². The smallest absolute Gasteiger partial charge is 0.259 e. The lowest BCUT2D eigenvalue weighted by molar-refractivity contribution is -0.120. The van der Waals surface area contributed by atoms with Gasteiger partial charge in [0, 0.05) is 10.4 Å². The van der Waals surface area contributed by atoms with Crippen LogP contribution in [-0.2, 0) is 10.5 Å². The standard InChI is InChI=1S/C20H19FN4O2S2/c1-10-11(2)29-20-17(10)19(27)24-16(25-20)9-28-12(3)18(26)23-15(8-22)13-6-4-5-7-14(13)21/h4-7,12,15H,9H2,1-3H3,(H,23,26)(H,24,25,27). The van der Waals surface area contributed by atoms with E-state index in [0.29, 0.717) is 21.8 Å². The molecule has 29 heavy (non-hydrogen) atoms. The Morgan fingerprint density at radius 2 is 2.14 bits per heavy atom. The predicted octanol–water partition coefficient (Wildman–Crippen LogP) is 3.74. The fourth-order valence-corrected chi connectivity index (χ4v) is 4.61. The van der Waals surface area contributed by atoms with E-state index in [9.17, 15) is 19.2 Å². The topological polar surface area (TPSA) is 98.6 Å². The van der Waals surface area contributed by atoms with Crippen molar-refractivity contribution in [3.8, 4) is 6.07 Å². The van der Waals surface area contributed by atoms with Crippen molar-refractivity contribution in [2.24, 2.45) is 0 Å². The van der Waals surface area contributed by atoms with Gasteiger partial charge in [0.05, 0.1) is 22.5 Å². The maximum atomic E-state index is 13.9. The maximum Gasteiger partial charge on any atom is 0.259 e. The van der Waals surface area contributed by atoms with Crippen LogP contribution in [0.25, 0.3) is 10.2 Å². The van der Waals surface area contributed by atoms with E-state index in [1.54, 1.807) is 13.0 Å². The Balaban J connectivity index is 1.67. The van der Waals surface area contributed by atoms with Crippen molar-refractivity contribution in [2.45, 2.75) is 37.8 Å². The minimum atomic E-state index is -1.07. The third-order valence-electron chi connectivity index (χ3n) is 4.56. The van der Waals surface area contributed by atoms with E-state index in [-0.39, 0.29) is 11.1 Å². The highest BCUT2D eigenvalue weighted by Gasteiger charge is 2.22. The molecule has 3 rings (SSSR count). The molecule has 0 aliphatic rings. The Bertz CT molecular complexity index is 1170. The number of amides is 1. The summed E-state index contributed by atoms with van der Waals surface area (Å²) in [6.45, 7) is 5.53. The third-order valence-corrected chi connectivity index (χ3v) is 6.81. The molecule has 9 heteroatoms. The molecule has 2 unspecified atom stereocenters. The summed E-state index contributed by atoms with van der Waals surface area (Å²) in [6, 6.07) is 6.69. The zero-order valence-electron chi connectivity index (χ0n) is 16.1. The second kappa shape index (κ2) is 8.76. The highest BCUT2D eigenvalue weighted by Crippen LogP contribution is 2.26. The molecule has 2 heterocycles. The number of aromatic nitrogens is 2. The number of hydrogen-bond donors (Lipinski definition) is 2. The zero-order valence-corrected chi connectivity index (χ0v) is 17.7. The Kier molecular flexibility index (Phi) is 6.35. The van der Waals surface area contributed by atoms with E-state index < -0.39 is 23.0 Å². The molecule has 1 aromatic carbocycles. The number of nitrogens with zero attached hydrogens (tertiary/aromatic N) is 2. The average molecular weight is 431 g/mol. The Morgan fingerprint density at radius 1 is 1.41 bits per heavy atom. The lowest BCUT2D eigenvalue weighted by Crippen LogP contribution is -2.34. The van der Waals surface area contributed by atoms with Gasteiger partial charge >= 0.3 is 0 Å². The summed E-state index contributed by atoms with van der Waals surface area (Å²) in [5, 5.41) is 12.0. The molecule has 0 spiro atoms. The highest BCUT2D eigenvalue weighted by molar-refractivity contribution is 7.99. The summed E-state index contributed by atoms with van der Waals surface area (Å²) in [5.41, 5.74) is 0.871. The van der Waals surface area contributed by atoms with Crippen LogP contribution in [0.4, 0.5) is 4.39 Å². The number of aryl methyl sites for hydroxylation is 2. The molecule has 1 amide bonds. The van der Waals surface area contributed by atoms with Crippen molar-refractivity contribution in [3.05, 3.63) is 62.3 Å². The van der Waals surface area contributed by atoms with Crippen LogP contribution >= 0.6 is 23.1 Å². The molecule has 2 atom stereocenters. The van der Waals surface area contributed by atoms with Crippen LogP contribution in [0.15, 0.2) is 29.1 Å². The number of fused-ring (bicyclic) bond motifs is 1. The highest BCUT2D eigenvalue weighted by atomic mass is 32.2. The molecule has 150 valence electrons. The van der Waals surface area contributed by atoms with E-state index in [0.717, 1.165) is 10.4 Å². The van der Waals surface area contributed by atoms with Crippen molar-refractivity contribution < 1.29 is 9.18 Å². The monoisotopic (exact) mass is 430 g/mol. The van der Waals surface area contributed by atoms with Gasteiger partial charge in [-0.15, -0.1) is 23.1 Å². The largest absolute Gasteiger partial charge is 0.336 e. The number of thiophene rings is 1. The molecule has 0 fully saturated rings. The van der Waals surface area contributed by atoms with Gasteiger partial charge in [-0.05, 0) is 32.4 Å². The maximum absolute atomic E-state index is 13.9. The summed E-state index contributed by atoms with van der Waals surface area (Å²) in [7, 11) is 0. The summed E-state index contributed by atoms with van der Waals surface area (Å²) in [6.07, 6.45) is 0. The minimum absolute atomic E-state index is 0.125. The third kappa shape index (κ3) is 4.49. The number of carbonyl (C=O) groups is 1. The Labute approximate surface area is 175 Å². The summed E-state index contributed by atoms with van der Waals surface area (Å²) >= 11 is 2.74. The number of carbonyl (C=O) groups excluding carboxylic acids is 1. The number of hydrogen-bond acceptors (Lipinski definition) is 6. The molecule has 0 aliphatic heterocycles. The summed E-state index contributed by atoms with van der Waals surface area (Å²) in [4.78, 5) is 33.8. The van der Waals surface area contributed by atoms with E-state index in [2.05, 4.69) is 15.3 Å². The van der Waals surface area contributed by atoms with E-state index in [1.165, 1.54) is 41.3 Å². The lowest BCUT2D eigenvalue weighted by Gasteiger charge is -2.16. The van der Waals surface area contributed by atoms with Gasteiger partial charge in [0.25, 0.3) is 5.56 Å². The molecule has 0 saturated heterocycles. The average Bonchev–Trinajstić information content (AvgIpc) is 2.98. The summed E-state index contributed by atoms with van der Waals surface area (Å²) in [5.74, 6) is -0.126. The van der Waals surface area contributed by atoms with E-state index in [1.807, 2.05) is 19.9 Å². The molecule has 0 aliphatic carbocycles. The van der Waals surface area contributed by atoms with Gasteiger partial charge in [0.2, 0.25) is 5.91 Å². The van der Waals surface area contributed by atoms with Gasteiger partial charge in [0.1, 0.15) is 22.5 Å². The Morgan fingerprint density at radius 3 is 2.83 bits per heavy atom. The quantitative estimate of drug-likeness (QED) is 0.621. The number of H-pyrrole nitrogens is 1. The normalized spacial score (nSPS) is 13.1. The first-order valence-corrected chi connectivity index (χ1v) is 10.7. The number of nitriles is 1. The summed E-state index contributed by atoms with van der Waals surface area (Å²) < 4.78 is 13.9. The molecule has 0 radical (unpaired) electrons. The first kappa shape index (κ1) is 21.0. The van der Waals surface area contributed by atoms with Crippen molar-refractivity contribution >= 4 is 39.2 Å². The van der Waals surface area contributed by atoms with Crippen LogP contribution in [-0.4, -0.2) is 21.1 Å². The molecule has 3 aromatic rings. The van der Waals surface area contributed by atoms with Gasteiger partial charge in [-0.3, -0.25) is 9.59 Å². The van der Waals surface area contributed by atoms with Crippen LogP contribution in [0, 0.1) is 31.0 Å². The second-order valence-electron chi connectivity index (χ2n) is 6.52. The van der Waals surface area contributed by atoms with Gasteiger partial charge in [0.15, 0.2) is 0 Å². The SMILES string of the molecule is Cc1sc2nc(CSC(C)C(=O)NC(C#N)c3ccccc3F)[nH]c(=O)c2c1C. The van der Waals surface area contributed by atoms with Crippen LogP contribution in [0.5, 0.6) is 0 Å². The van der Waals surface area contributed by atoms with Crippen LogP contribution in [0.3, 0.4) is 0 Å². The van der Waals surface area contributed by atoms with Gasteiger partial charge < -0.3 is 10.3 Å². The van der Waals surface area contributed by atoms with Crippen molar-refractivity contribution in [1.82, 2.24) is 15.3 Å². The van der Waals surface area contributed by atoms with Crippen LogP contribution < -0.4 is 10.9 Å². The lowest BCUT2D eigenvalue weighted by atomic mass is 10.1. The van der Waals surface area contributed by atoms with Gasteiger partial charge in [-0.25, -0.2) is 9.37 Å². The molecule has 2 aromatic heterocycles. The predicted molar refractivity (Wildman–Crippen MR) is 113 cm³/mol. The molecular weight excluding hydrogens is 411 g/mol. The first-order valence-electron chi connectivity index (χ1n) is 8.86. The van der Waals surface area contributed by atoms with Gasteiger partial charge in [-0.1, -0.05) is 18.2 Å². The van der Waals surface area contributed by atoms with Crippen LogP contribution in [0.2, 0.25) is 0 Å². The molecule has 0 bridgehead atoms. The number of rotatable bonds is 6. The molecular formula is C20H19FN4O2S2. The Hall–Kier alpha value is -2.70. The molecule has 0 saturated carbocycles. The number of benzene rings is 1. The minimum Gasteiger partial charge on any atom is -0.336 e. The number of aromatic amines is 1. The second-order valence-corrected chi connectivity index (χ2v) is 9.05. The molecule has 6 nitrogen and oxygen atoms in total. The van der Waals surface area contributed by atoms with Gasteiger partial charge in [-0.2, -0.15) is 5.26 Å². The fraction of sp³-hybridized carbons (Fsp3) is 0.300.